The van der Waals surface area contributed by atoms with Gasteiger partial charge in [-0.05, 0) is 6.42 Å². The van der Waals surface area contributed by atoms with Crippen molar-refractivity contribution in [1.82, 2.24) is 19.7 Å². The Morgan fingerprint density at radius 1 is 1.59 bits per heavy atom. The van der Waals surface area contributed by atoms with Crippen molar-refractivity contribution >= 4 is 11.8 Å². The van der Waals surface area contributed by atoms with Crippen molar-refractivity contribution < 1.29 is 0 Å². The third-order valence-electron chi connectivity index (χ3n) is 3.99. The van der Waals surface area contributed by atoms with E-state index in [0.29, 0.717) is 0 Å². The van der Waals surface area contributed by atoms with Gasteiger partial charge < -0.3 is 10.3 Å². The fourth-order valence-corrected chi connectivity index (χ4v) is 4.35. The first-order valence-corrected chi connectivity index (χ1v) is 7.22. The molecule has 94 valence electrons. The van der Waals surface area contributed by atoms with Gasteiger partial charge in [-0.1, -0.05) is 6.92 Å². The lowest BCUT2D eigenvalue weighted by Gasteiger charge is -2.42. The molecule has 1 aromatic heterocycles. The smallest absolute Gasteiger partial charge is 0.147 e. The van der Waals surface area contributed by atoms with Crippen LogP contribution in [-0.2, 0) is 13.1 Å². The van der Waals surface area contributed by atoms with Gasteiger partial charge in [-0.25, -0.2) is 0 Å². The summed E-state index contributed by atoms with van der Waals surface area (Å²) >= 11 is 2.04. The fourth-order valence-electron chi connectivity index (χ4n) is 2.91. The first kappa shape index (κ1) is 11.5. The second-order valence-corrected chi connectivity index (χ2v) is 6.54. The van der Waals surface area contributed by atoms with E-state index in [1.165, 1.54) is 6.42 Å². The van der Waals surface area contributed by atoms with E-state index in [1.807, 2.05) is 18.1 Å². The maximum atomic E-state index is 6.06. The van der Waals surface area contributed by atoms with E-state index >= 15 is 0 Å². The van der Waals surface area contributed by atoms with Crippen LogP contribution in [0.4, 0.5) is 0 Å². The summed E-state index contributed by atoms with van der Waals surface area (Å²) in [5.74, 6) is 2.23. The van der Waals surface area contributed by atoms with Gasteiger partial charge in [0, 0.05) is 36.2 Å². The molecule has 0 saturated carbocycles. The highest BCUT2D eigenvalue weighted by atomic mass is 32.2. The van der Waals surface area contributed by atoms with E-state index in [2.05, 4.69) is 26.6 Å². The summed E-state index contributed by atoms with van der Waals surface area (Å²) in [6.45, 7) is 6.00. The summed E-state index contributed by atoms with van der Waals surface area (Å²) in [5, 5.41) is 8.89. The van der Waals surface area contributed by atoms with E-state index in [9.17, 15) is 0 Å². The Hall–Kier alpha value is -0.590. The Bertz CT molecular complexity index is 406. The van der Waals surface area contributed by atoms with Crippen LogP contribution in [0.2, 0.25) is 0 Å². The van der Waals surface area contributed by atoms with E-state index in [4.69, 9.17) is 5.73 Å². The van der Waals surface area contributed by atoms with Crippen LogP contribution >= 0.6 is 11.8 Å². The number of fused-ring (bicyclic) bond motifs is 1. The van der Waals surface area contributed by atoms with E-state index < -0.39 is 0 Å². The van der Waals surface area contributed by atoms with Gasteiger partial charge in [-0.3, -0.25) is 4.90 Å². The van der Waals surface area contributed by atoms with Gasteiger partial charge in [0.2, 0.25) is 0 Å². The highest BCUT2D eigenvalue weighted by molar-refractivity contribution is 8.00. The monoisotopic (exact) mass is 253 g/mol. The van der Waals surface area contributed by atoms with Gasteiger partial charge in [0.05, 0.1) is 6.54 Å². The molecular formula is C11H19N5S. The molecule has 3 heterocycles. The molecule has 2 N–H and O–H groups in total. The Labute approximate surface area is 106 Å². The average Bonchev–Trinajstić information content (AvgIpc) is 2.94. The van der Waals surface area contributed by atoms with Crippen LogP contribution in [0.5, 0.6) is 0 Å². The van der Waals surface area contributed by atoms with Crippen LogP contribution in [0.15, 0.2) is 6.33 Å². The number of hydrogen-bond donors (Lipinski definition) is 1. The van der Waals surface area contributed by atoms with Crippen molar-refractivity contribution in [3.63, 3.8) is 0 Å². The predicted octanol–water partition coefficient (Wildman–Crippen LogP) is 0.317. The van der Waals surface area contributed by atoms with Crippen molar-refractivity contribution in [1.29, 1.82) is 0 Å². The molecule has 2 unspecified atom stereocenters. The van der Waals surface area contributed by atoms with Crippen LogP contribution < -0.4 is 5.73 Å². The number of thioether (sulfide) groups is 1. The van der Waals surface area contributed by atoms with Crippen LogP contribution in [0.3, 0.4) is 0 Å². The quantitative estimate of drug-likeness (QED) is 0.822. The third kappa shape index (κ3) is 1.88. The molecule has 0 amide bonds. The summed E-state index contributed by atoms with van der Waals surface area (Å²) in [5.41, 5.74) is 6.24. The third-order valence-corrected chi connectivity index (χ3v) is 5.43. The zero-order valence-corrected chi connectivity index (χ0v) is 11.0. The van der Waals surface area contributed by atoms with Gasteiger partial charge >= 0.3 is 0 Å². The average molecular weight is 253 g/mol. The van der Waals surface area contributed by atoms with Crippen molar-refractivity contribution in [3.05, 3.63) is 12.2 Å². The first-order valence-electron chi connectivity index (χ1n) is 6.17. The molecule has 3 rings (SSSR count). The van der Waals surface area contributed by atoms with Gasteiger partial charge in [-0.2, -0.15) is 11.8 Å². The second kappa shape index (κ2) is 4.26. The molecule has 2 atom stereocenters. The molecule has 0 spiro atoms. The normalized spacial score (nSPS) is 33.9. The van der Waals surface area contributed by atoms with Crippen LogP contribution in [0, 0.1) is 0 Å². The predicted molar refractivity (Wildman–Crippen MR) is 68.8 cm³/mol. The number of rotatable bonds is 2. The molecule has 0 aliphatic carbocycles. The molecule has 6 heteroatoms. The maximum absolute atomic E-state index is 6.06. The molecule has 0 bridgehead atoms. The molecule has 1 aromatic rings. The zero-order valence-electron chi connectivity index (χ0n) is 10.2. The SMILES string of the molecule is CC1CC(CN)(N2CCn3cnnc3C2)CS1. The molecule has 2 aliphatic heterocycles. The lowest BCUT2D eigenvalue weighted by atomic mass is 9.93. The first-order chi connectivity index (χ1) is 8.23. The second-order valence-electron chi connectivity index (χ2n) is 5.12. The van der Waals surface area contributed by atoms with Crippen LogP contribution in [-0.4, -0.2) is 49.3 Å². The van der Waals surface area contributed by atoms with Gasteiger partial charge in [0.25, 0.3) is 0 Å². The van der Waals surface area contributed by atoms with Gasteiger partial charge in [0.15, 0.2) is 0 Å². The number of aromatic nitrogens is 3. The fraction of sp³-hybridized carbons (Fsp3) is 0.818. The minimum Gasteiger partial charge on any atom is -0.329 e. The number of nitrogens with zero attached hydrogens (tertiary/aromatic N) is 4. The largest absolute Gasteiger partial charge is 0.329 e. The molecule has 17 heavy (non-hydrogen) atoms. The molecule has 2 aliphatic rings. The van der Waals surface area contributed by atoms with Crippen molar-refractivity contribution in [2.45, 2.75) is 37.2 Å². The molecule has 0 aromatic carbocycles. The summed E-state index contributed by atoms with van der Waals surface area (Å²) < 4.78 is 2.15. The number of hydrogen-bond acceptors (Lipinski definition) is 5. The lowest BCUT2D eigenvalue weighted by Crippen LogP contribution is -2.56. The minimum absolute atomic E-state index is 0.182. The Morgan fingerprint density at radius 2 is 2.47 bits per heavy atom. The summed E-state index contributed by atoms with van der Waals surface area (Å²) in [7, 11) is 0. The molecule has 1 saturated heterocycles. The number of nitrogens with two attached hydrogens (primary N) is 1. The maximum Gasteiger partial charge on any atom is 0.147 e. The molecule has 1 fully saturated rings. The highest BCUT2D eigenvalue weighted by Gasteiger charge is 2.43. The van der Waals surface area contributed by atoms with Crippen molar-refractivity contribution in [3.8, 4) is 0 Å². The van der Waals surface area contributed by atoms with E-state index in [1.54, 1.807) is 0 Å². The van der Waals surface area contributed by atoms with Crippen LogP contribution in [0.1, 0.15) is 19.2 Å². The van der Waals surface area contributed by atoms with Gasteiger partial charge in [-0.15, -0.1) is 10.2 Å². The standard InChI is InChI=1S/C11H19N5S/c1-9-4-11(6-12,7-17-9)16-3-2-15-8-13-14-10(15)5-16/h8-9H,2-7,12H2,1H3. The Kier molecular flexibility index (Phi) is 2.88. The topological polar surface area (TPSA) is 60.0 Å². The Morgan fingerprint density at radius 3 is 3.18 bits per heavy atom. The molecular weight excluding hydrogens is 234 g/mol. The highest BCUT2D eigenvalue weighted by Crippen LogP contribution is 2.39. The van der Waals surface area contributed by atoms with E-state index in [-0.39, 0.29) is 5.54 Å². The summed E-state index contributed by atoms with van der Waals surface area (Å²) in [4.78, 5) is 2.52. The van der Waals surface area contributed by atoms with E-state index in [0.717, 1.165) is 43.0 Å². The Balaban J connectivity index is 1.81. The van der Waals surface area contributed by atoms with Crippen molar-refractivity contribution in [2.24, 2.45) is 5.73 Å². The van der Waals surface area contributed by atoms with Gasteiger partial charge in [0.1, 0.15) is 12.2 Å². The van der Waals surface area contributed by atoms with Crippen molar-refractivity contribution in [2.75, 3.05) is 18.8 Å². The molecule has 5 nitrogen and oxygen atoms in total. The zero-order chi connectivity index (χ0) is 11.9. The molecule has 0 radical (unpaired) electrons. The summed E-state index contributed by atoms with van der Waals surface area (Å²) in [6, 6.07) is 0. The lowest BCUT2D eigenvalue weighted by molar-refractivity contribution is 0.0797. The minimum atomic E-state index is 0.182. The summed E-state index contributed by atoms with van der Waals surface area (Å²) in [6.07, 6.45) is 3.02. The van der Waals surface area contributed by atoms with Crippen LogP contribution in [0.25, 0.3) is 0 Å².